The van der Waals surface area contributed by atoms with Crippen molar-refractivity contribution in [3.05, 3.63) is 70.1 Å². The second-order valence-electron chi connectivity index (χ2n) is 4.56. The molecular formula is C15H10F3N5O2. The molecule has 0 aliphatic rings. The Kier molecular flexibility index (Phi) is 5.59. The predicted octanol–water partition coefficient (Wildman–Crippen LogP) is 4.48. The topological polar surface area (TPSA) is 99.5 Å². The van der Waals surface area contributed by atoms with E-state index in [0.29, 0.717) is 11.3 Å². The van der Waals surface area contributed by atoms with E-state index in [-0.39, 0.29) is 11.3 Å². The van der Waals surface area contributed by atoms with E-state index in [1.54, 1.807) is 12.1 Å². The van der Waals surface area contributed by atoms with E-state index in [1.165, 1.54) is 42.6 Å². The highest BCUT2D eigenvalue weighted by Gasteiger charge is 2.30. The minimum atomic E-state index is -4.73. The zero-order chi connectivity index (χ0) is 18.3. The van der Waals surface area contributed by atoms with E-state index in [2.05, 4.69) is 25.3 Å². The first-order valence-electron chi connectivity index (χ1n) is 6.72. The average molecular weight is 349 g/mol. The Bertz CT molecular complexity index is 811. The van der Waals surface area contributed by atoms with Crippen molar-refractivity contribution in [2.24, 2.45) is 10.2 Å². The van der Waals surface area contributed by atoms with E-state index in [4.69, 9.17) is 5.53 Å². The minimum Gasteiger partial charge on any atom is -0.406 e. The van der Waals surface area contributed by atoms with Crippen LogP contribution in [0.1, 0.15) is 15.9 Å². The maximum absolute atomic E-state index is 12.1. The Balaban J connectivity index is 1.94. The number of hydrogen-bond donors (Lipinski definition) is 1. The molecule has 0 aliphatic carbocycles. The minimum absolute atomic E-state index is 0.229. The van der Waals surface area contributed by atoms with Crippen molar-refractivity contribution in [3.63, 3.8) is 0 Å². The molecule has 1 amide bonds. The normalized spacial score (nSPS) is 11.0. The molecule has 0 spiro atoms. The maximum Gasteiger partial charge on any atom is 0.573 e. The van der Waals surface area contributed by atoms with Gasteiger partial charge in [-0.2, -0.15) is 5.10 Å². The molecule has 25 heavy (non-hydrogen) atoms. The maximum atomic E-state index is 12.1. The van der Waals surface area contributed by atoms with Crippen LogP contribution in [0.4, 0.5) is 18.9 Å². The molecule has 7 nitrogen and oxygen atoms in total. The second-order valence-corrected chi connectivity index (χ2v) is 4.56. The fourth-order valence-corrected chi connectivity index (χ4v) is 1.72. The zero-order valence-corrected chi connectivity index (χ0v) is 12.4. The molecule has 10 heteroatoms. The largest absolute Gasteiger partial charge is 0.573 e. The van der Waals surface area contributed by atoms with Gasteiger partial charge in [0.05, 0.1) is 11.9 Å². The third-order valence-electron chi connectivity index (χ3n) is 2.79. The molecule has 0 fully saturated rings. The molecule has 0 unspecified atom stereocenters. The number of ether oxygens (including phenoxy) is 1. The first-order chi connectivity index (χ1) is 11.9. The van der Waals surface area contributed by atoms with Crippen molar-refractivity contribution in [1.29, 1.82) is 0 Å². The SMILES string of the molecule is [N-]=[N+]=NC(=O)c1ccc(N/N=C/c2ccc(OC(F)(F)F)cc2)cc1. The number of anilines is 1. The number of carbonyl (C=O) groups is 1. The molecule has 2 aromatic carbocycles. The molecule has 0 radical (unpaired) electrons. The van der Waals surface area contributed by atoms with Crippen molar-refractivity contribution >= 4 is 17.8 Å². The van der Waals surface area contributed by atoms with E-state index in [0.717, 1.165) is 0 Å². The molecule has 0 atom stereocenters. The van der Waals surface area contributed by atoms with Gasteiger partial charge in [0.2, 0.25) is 5.91 Å². The monoisotopic (exact) mass is 349 g/mol. The summed E-state index contributed by atoms with van der Waals surface area (Å²) >= 11 is 0. The summed E-state index contributed by atoms with van der Waals surface area (Å²) in [4.78, 5) is 13.7. The number of nitrogens with zero attached hydrogens (tertiary/aromatic N) is 4. The lowest BCUT2D eigenvalue weighted by Crippen LogP contribution is -2.17. The number of alkyl halides is 3. The molecule has 0 bridgehead atoms. The van der Waals surface area contributed by atoms with Crippen LogP contribution in [0.25, 0.3) is 10.4 Å². The summed E-state index contributed by atoms with van der Waals surface area (Å²) in [6.45, 7) is 0. The van der Waals surface area contributed by atoms with Gasteiger partial charge in [-0.3, -0.25) is 10.2 Å². The van der Waals surface area contributed by atoms with Crippen molar-refractivity contribution in [3.8, 4) is 5.75 Å². The first-order valence-corrected chi connectivity index (χ1v) is 6.72. The summed E-state index contributed by atoms with van der Waals surface area (Å²) in [5, 5.41) is 6.89. The second kappa shape index (κ2) is 7.84. The number of hydrogen-bond acceptors (Lipinski definition) is 4. The number of amides is 1. The van der Waals surface area contributed by atoms with Gasteiger partial charge in [-0.25, -0.2) is 0 Å². The quantitative estimate of drug-likeness (QED) is 0.283. The molecule has 1 N–H and O–H groups in total. The van der Waals surface area contributed by atoms with Gasteiger partial charge < -0.3 is 4.74 Å². The summed E-state index contributed by atoms with van der Waals surface area (Å²) in [6.07, 6.45) is -3.33. The summed E-state index contributed by atoms with van der Waals surface area (Å²) in [6, 6.07) is 11.2. The Labute approximate surface area is 139 Å². The van der Waals surface area contributed by atoms with Crippen LogP contribution in [0.3, 0.4) is 0 Å². The number of halogens is 3. The van der Waals surface area contributed by atoms with Gasteiger partial charge in [0.15, 0.2) is 0 Å². The number of benzene rings is 2. The predicted molar refractivity (Wildman–Crippen MR) is 84.3 cm³/mol. The van der Waals surface area contributed by atoms with Crippen molar-refractivity contribution < 1.29 is 22.7 Å². The number of rotatable bonds is 5. The highest BCUT2D eigenvalue weighted by molar-refractivity contribution is 5.95. The van der Waals surface area contributed by atoms with Gasteiger partial charge in [-0.15, -0.1) is 13.2 Å². The third-order valence-corrected chi connectivity index (χ3v) is 2.79. The molecule has 128 valence electrons. The summed E-state index contributed by atoms with van der Waals surface area (Å²) in [7, 11) is 0. The van der Waals surface area contributed by atoms with E-state index in [1.807, 2.05) is 0 Å². The smallest absolute Gasteiger partial charge is 0.406 e. The molecule has 2 aromatic rings. The van der Waals surface area contributed by atoms with Crippen LogP contribution in [0.15, 0.2) is 58.7 Å². The summed E-state index contributed by atoms with van der Waals surface area (Å²) in [5.41, 5.74) is 12.2. The lowest BCUT2D eigenvalue weighted by Gasteiger charge is -2.08. The van der Waals surface area contributed by atoms with Crippen LogP contribution in [0, 0.1) is 0 Å². The standard InChI is InChI=1S/C15H10F3N5O2/c16-15(17,18)25-13-7-1-10(2-8-13)9-20-21-12-5-3-11(4-6-12)14(24)22-23-19/h1-9,21H/b20-9+. The van der Waals surface area contributed by atoms with Gasteiger partial charge in [0.1, 0.15) is 5.75 Å². The molecule has 0 aliphatic heterocycles. The van der Waals surface area contributed by atoms with Crippen LogP contribution in [-0.2, 0) is 0 Å². The highest BCUT2D eigenvalue weighted by atomic mass is 19.4. The van der Waals surface area contributed by atoms with Gasteiger partial charge in [0, 0.05) is 10.5 Å². The van der Waals surface area contributed by atoms with E-state index in [9.17, 15) is 18.0 Å². The fourth-order valence-electron chi connectivity index (χ4n) is 1.72. The number of nitrogens with one attached hydrogen (secondary N) is 1. The highest BCUT2D eigenvalue weighted by Crippen LogP contribution is 2.22. The Morgan fingerprint density at radius 2 is 1.76 bits per heavy atom. The van der Waals surface area contributed by atoms with E-state index >= 15 is 0 Å². The molecule has 0 aromatic heterocycles. The first kappa shape index (κ1) is 17.8. The summed E-state index contributed by atoms with van der Waals surface area (Å²) < 4.78 is 39.9. The van der Waals surface area contributed by atoms with Gasteiger partial charge in [0.25, 0.3) is 0 Å². The molecule has 2 rings (SSSR count). The molecule has 0 heterocycles. The van der Waals surface area contributed by atoms with Crippen LogP contribution in [0.2, 0.25) is 0 Å². The summed E-state index contributed by atoms with van der Waals surface area (Å²) in [5.74, 6) is -1.02. The Morgan fingerprint density at radius 1 is 1.12 bits per heavy atom. The Hall–Kier alpha value is -3.52. The lowest BCUT2D eigenvalue weighted by molar-refractivity contribution is -0.274. The number of carbonyl (C=O) groups excluding carboxylic acids is 1. The van der Waals surface area contributed by atoms with Crippen LogP contribution >= 0.6 is 0 Å². The number of hydrazone groups is 1. The lowest BCUT2D eigenvalue weighted by atomic mass is 10.2. The van der Waals surface area contributed by atoms with Gasteiger partial charge in [-0.05, 0) is 64.7 Å². The van der Waals surface area contributed by atoms with Crippen LogP contribution < -0.4 is 10.2 Å². The van der Waals surface area contributed by atoms with Gasteiger partial charge >= 0.3 is 6.36 Å². The molecule has 0 saturated carbocycles. The molecular weight excluding hydrogens is 339 g/mol. The van der Waals surface area contributed by atoms with Crippen molar-refractivity contribution in [2.45, 2.75) is 6.36 Å². The average Bonchev–Trinajstić information content (AvgIpc) is 2.56. The van der Waals surface area contributed by atoms with Crippen LogP contribution in [-0.4, -0.2) is 18.5 Å². The fraction of sp³-hybridized carbons (Fsp3) is 0.0667. The van der Waals surface area contributed by atoms with E-state index < -0.39 is 12.3 Å². The third kappa shape index (κ3) is 5.88. The molecule has 0 saturated heterocycles. The van der Waals surface area contributed by atoms with Crippen LogP contribution in [0.5, 0.6) is 5.75 Å². The van der Waals surface area contributed by atoms with Crippen molar-refractivity contribution in [1.82, 2.24) is 0 Å². The number of azide groups is 1. The van der Waals surface area contributed by atoms with Crippen molar-refractivity contribution in [2.75, 3.05) is 5.43 Å². The van der Waals surface area contributed by atoms with Gasteiger partial charge in [-0.1, -0.05) is 0 Å². The zero-order valence-electron chi connectivity index (χ0n) is 12.4. The Morgan fingerprint density at radius 3 is 2.32 bits per heavy atom.